The van der Waals surface area contributed by atoms with Crippen molar-refractivity contribution in [1.82, 2.24) is 19.6 Å². The predicted molar refractivity (Wildman–Crippen MR) is 229 cm³/mol. The second-order valence-corrected chi connectivity index (χ2v) is 15.5. The quantitative estimate of drug-likeness (QED) is 0.105. The normalized spacial score (nSPS) is 14.5. The molecule has 2 fully saturated rings. The van der Waals surface area contributed by atoms with Crippen molar-refractivity contribution in [3.8, 4) is 22.3 Å². The van der Waals surface area contributed by atoms with E-state index in [4.69, 9.17) is 0 Å². The first-order valence-electron chi connectivity index (χ1n) is 19.5. The van der Waals surface area contributed by atoms with Gasteiger partial charge in [-0.1, -0.05) is 60.3 Å². The molecule has 0 radical (unpaired) electrons. The van der Waals surface area contributed by atoms with Gasteiger partial charge >= 0.3 is 0 Å². The van der Waals surface area contributed by atoms with Gasteiger partial charge in [-0.25, -0.2) is 0 Å². The second-order valence-electron chi connectivity index (χ2n) is 14.4. The molecule has 0 unspecified atom stereocenters. The summed E-state index contributed by atoms with van der Waals surface area (Å²) in [5.74, 6) is -0.867. The standard InChI is InChI=1S/C44H44N6O10S/c1-29(53)45-17-21-47(22-18-45)39(55)15-11-33-9-13-37(43(49(57)58)41(33)35-7-3-5-31(25-35)27-51)61-38-14-10-34(12-16-40(56)48-23-19-46(20-24-48)30(2)54)42(44(38)50(59)60)36-8-4-6-32(26-36)28-52/h3-16,25-26,51-52H,17-24,27-28H2,1-2H3. The Morgan fingerprint density at radius 1 is 0.590 bits per heavy atom. The lowest BCUT2D eigenvalue weighted by atomic mass is 9.95. The topological polar surface area (TPSA) is 208 Å². The largest absolute Gasteiger partial charge is 0.392 e. The van der Waals surface area contributed by atoms with Crippen molar-refractivity contribution in [3.63, 3.8) is 0 Å². The maximum absolute atomic E-state index is 13.3. The summed E-state index contributed by atoms with van der Waals surface area (Å²) in [5, 5.41) is 46.2. The maximum atomic E-state index is 13.3. The van der Waals surface area contributed by atoms with E-state index in [0.717, 1.165) is 11.8 Å². The Morgan fingerprint density at radius 2 is 0.951 bits per heavy atom. The number of benzene rings is 4. The van der Waals surface area contributed by atoms with Crippen molar-refractivity contribution in [2.45, 2.75) is 36.9 Å². The molecular weight excluding hydrogens is 805 g/mol. The Balaban J connectivity index is 1.44. The first-order valence-corrected chi connectivity index (χ1v) is 20.3. The molecule has 61 heavy (non-hydrogen) atoms. The van der Waals surface area contributed by atoms with Crippen LogP contribution in [0, 0.1) is 20.2 Å². The van der Waals surface area contributed by atoms with E-state index in [1.807, 2.05) is 0 Å². The number of aliphatic hydroxyl groups excluding tert-OH is 2. The monoisotopic (exact) mass is 848 g/mol. The van der Waals surface area contributed by atoms with Crippen LogP contribution in [0.4, 0.5) is 11.4 Å². The van der Waals surface area contributed by atoms with Gasteiger partial charge in [0.25, 0.3) is 11.4 Å². The Morgan fingerprint density at radius 3 is 1.28 bits per heavy atom. The van der Waals surface area contributed by atoms with Crippen molar-refractivity contribution in [3.05, 3.63) is 127 Å². The van der Waals surface area contributed by atoms with Crippen molar-refractivity contribution in [2.75, 3.05) is 52.4 Å². The molecule has 6 rings (SSSR count). The molecule has 0 aromatic heterocycles. The number of nitro benzene ring substituents is 2. The van der Waals surface area contributed by atoms with Crippen LogP contribution in [-0.2, 0) is 32.4 Å². The number of hydrogen-bond donors (Lipinski definition) is 2. The molecule has 2 N–H and O–H groups in total. The first-order chi connectivity index (χ1) is 29.3. The highest BCUT2D eigenvalue weighted by atomic mass is 32.2. The third kappa shape index (κ3) is 10.2. The van der Waals surface area contributed by atoms with Crippen molar-refractivity contribution < 1.29 is 39.2 Å². The van der Waals surface area contributed by atoms with E-state index >= 15 is 0 Å². The first kappa shape index (κ1) is 43.9. The fourth-order valence-electron chi connectivity index (χ4n) is 7.37. The highest BCUT2D eigenvalue weighted by Crippen LogP contribution is 2.48. The highest BCUT2D eigenvalue weighted by molar-refractivity contribution is 7.99. The molecule has 2 aliphatic heterocycles. The number of nitrogens with zero attached hydrogens (tertiary/aromatic N) is 6. The molecule has 4 aromatic carbocycles. The summed E-state index contributed by atoms with van der Waals surface area (Å²) in [7, 11) is 0. The molecule has 0 spiro atoms. The zero-order valence-electron chi connectivity index (χ0n) is 33.6. The van der Waals surface area contributed by atoms with Crippen LogP contribution in [0.2, 0.25) is 0 Å². The minimum atomic E-state index is -0.583. The molecule has 0 saturated carbocycles. The fraction of sp³-hybridized carbons (Fsp3) is 0.273. The zero-order chi connectivity index (χ0) is 43.8. The number of hydrogen-bond acceptors (Lipinski definition) is 11. The maximum Gasteiger partial charge on any atom is 0.291 e. The van der Waals surface area contributed by atoms with Gasteiger partial charge in [0, 0.05) is 78.4 Å². The van der Waals surface area contributed by atoms with Gasteiger partial charge in [0.2, 0.25) is 23.6 Å². The van der Waals surface area contributed by atoms with Gasteiger partial charge < -0.3 is 29.8 Å². The van der Waals surface area contributed by atoms with Crippen molar-refractivity contribution in [2.24, 2.45) is 0 Å². The van der Waals surface area contributed by atoms with E-state index < -0.39 is 9.85 Å². The molecule has 2 heterocycles. The van der Waals surface area contributed by atoms with Crippen LogP contribution in [0.25, 0.3) is 34.4 Å². The van der Waals surface area contributed by atoms with Crippen LogP contribution in [-0.4, -0.2) is 116 Å². The Kier molecular flexibility index (Phi) is 14.1. The van der Waals surface area contributed by atoms with Crippen LogP contribution in [0.3, 0.4) is 0 Å². The summed E-state index contributed by atoms with van der Waals surface area (Å²) in [5.41, 5.74) is 1.78. The Hall–Kier alpha value is -6.69. The minimum absolute atomic E-state index is 0.0552. The van der Waals surface area contributed by atoms with Gasteiger partial charge in [-0.2, -0.15) is 0 Å². The average molecular weight is 849 g/mol. The van der Waals surface area contributed by atoms with Crippen LogP contribution in [0.1, 0.15) is 36.1 Å². The average Bonchev–Trinajstić information content (AvgIpc) is 3.27. The lowest BCUT2D eigenvalue weighted by molar-refractivity contribution is -0.387. The summed E-state index contributed by atoms with van der Waals surface area (Å²) in [6.07, 6.45) is 5.58. The lowest BCUT2D eigenvalue weighted by Gasteiger charge is -2.33. The third-order valence-electron chi connectivity index (χ3n) is 10.6. The van der Waals surface area contributed by atoms with E-state index in [1.165, 1.54) is 50.3 Å². The zero-order valence-corrected chi connectivity index (χ0v) is 34.4. The smallest absolute Gasteiger partial charge is 0.291 e. The van der Waals surface area contributed by atoms with Gasteiger partial charge in [0.15, 0.2) is 0 Å². The summed E-state index contributed by atoms with van der Waals surface area (Å²) >= 11 is 0.807. The SMILES string of the molecule is CC(=O)N1CCN(C(=O)C=Cc2ccc(Sc3ccc(C=CC(=O)N4CCN(C(C)=O)CC4)c(-c4cccc(CO)c4)c3[N+](=O)[O-])c([N+](=O)[O-])c2-c2cccc(CO)c2)CC1. The van der Waals surface area contributed by atoms with Crippen LogP contribution in [0.5, 0.6) is 0 Å². The Labute approximate surface area is 355 Å². The van der Waals surface area contributed by atoms with Gasteiger partial charge in [-0.3, -0.25) is 39.4 Å². The van der Waals surface area contributed by atoms with Crippen LogP contribution < -0.4 is 0 Å². The van der Waals surface area contributed by atoms with Gasteiger partial charge in [-0.05, 0) is 69.8 Å². The summed E-state index contributed by atoms with van der Waals surface area (Å²) < 4.78 is 0. The van der Waals surface area contributed by atoms with E-state index in [2.05, 4.69) is 0 Å². The summed E-state index contributed by atoms with van der Waals surface area (Å²) in [6.45, 7) is 5.03. The number of piperazine rings is 2. The van der Waals surface area contributed by atoms with Crippen molar-refractivity contribution in [1.29, 1.82) is 0 Å². The molecule has 2 aliphatic rings. The molecule has 16 nitrogen and oxygen atoms in total. The third-order valence-corrected chi connectivity index (χ3v) is 11.7. The fourth-order valence-corrected chi connectivity index (χ4v) is 8.43. The van der Waals surface area contributed by atoms with Crippen LogP contribution >= 0.6 is 11.8 Å². The number of aliphatic hydroxyl groups is 2. The second kappa shape index (κ2) is 19.6. The molecule has 316 valence electrons. The van der Waals surface area contributed by atoms with Gasteiger partial charge in [0.1, 0.15) is 0 Å². The van der Waals surface area contributed by atoms with Gasteiger partial charge in [-0.15, -0.1) is 0 Å². The number of carbonyl (C=O) groups excluding carboxylic acids is 4. The van der Waals surface area contributed by atoms with Crippen molar-refractivity contribution >= 4 is 58.9 Å². The molecule has 0 bridgehead atoms. The van der Waals surface area contributed by atoms with E-state index in [0.29, 0.717) is 85.7 Å². The summed E-state index contributed by atoms with van der Waals surface area (Å²) in [4.78, 5) is 81.8. The molecule has 17 heteroatoms. The number of nitro groups is 2. The lowest BCUT2D eigenvalue weighted by Crippen LogP contribution is -2.49. The number of carbonyl (C=O) groups is 4. The van der Waals surface area contributed by atoms with E-state index in [1.54, 1.807) is 80.3 Å². The number of rotatable bonds is 12. The molecular formula is C44H44N6O10S. The molecule has 0 aliphatic carbocycles. The van der Waals surface area contributed by atoms with E-state index in [-0.39, 0.29) is 69.1 Å². The molecule has 4 amide bonds. The highest BCUT2D eigenvalue weighted by Gasteiger charge is 2.30. The minimum Gasteiger partial charge on any atom is -0.392 e. The number of amides is 4. The predicted octanol–water partition coefficient (Wildman–Crippen LogP) is 5.38. The van der Waals surface area contributed by atoms with Crippen LogP contribution in [0.15, 0.2) is 94.7 Å². The Bertz CT molecular complexity index is 2270. The molecule has 2 saturated heterocycles. The van der Waals surface area contributed by atoms with Gasteiger partial charge in [0.05, 0.1) is 44.0 Å². The molecule has 4 aromatic rings. The van der Waals surface area contributed by atoms with E-state index in [9.17, 15) is 49.6 Å². The summed E-state index contributed by atoms with van der Waals surface area (Å²) in [6, 6.07) is 19.1. The molecule has 0 atom stereocenters.